The highest BCUT2D eigenvalue weighted by atomic mass is 16.7. The van der Waals surface area contributed by atoms with Gasteiger partial charge in [-0.05, 0) is 43.3 Å². The SMILES string of the molecule is CCON(c1ccc(C#N)cc1)c1ncc2ncccc2n1. The zero-order valence-electron chi connectivity index (χ0n) is 12.0. The first-order chi connectivity index (χ1) is 10.8. The van der Waals surface area contributed by atoms with Crippen LogP contribution in [0, 0.1) is 11.3 Å². The van der Waals surface area contributed by atoms with E-state index in [0.717, 1.165) is 16.7 Å². The number of fused-ring (bicyclic) bond motifs is 1. The lowest BCUT2D eigenvalue weighted by molar-refractivity contribution is 0.146. The zero-order valence-corrected chi connectivity index (χ0v) is 12.0. The van der Waals surface area contributed by atoms with Crippen molar-refractivity contribution in [2.45, 2.75) is 6.92 Å². The van der Waals surface area contributed by atoms with E-state index in [2.05, 4.69) is 21.0 Å². The van der Waals surface area contributed by atoms with Crippen LogP contribution in [-0.4, -0.2) is 21.6 Å². The van der Waals surface area contributed by atoms with E-state index in [1.807, 2.05) is 19.1 Å². The summed E-state index contributed by atoms with van der Waals surface area (Å²) in [5.41, 5.74) is 2.81. The topological polar surface area (TPSA) is 74.9 Å². The summed E-state index contributed by atoms with van der Waals surface area (Å²) in [6.07, 6.45) is 3.36. The molecule has 0 aliphatic carbocycles. The molecule has 0 radical (unpaired) electrons. The van der Waals surface area contributed by atoms with Gasteiger partial charge in [-0.15, -0.1) is 0 Å². The second-order valence-electron chi connectivity index (χ2n) is 4.45. The largest absolute Gasteiger partial charge is 0.266 e. The predicted octanol–water partition coefficient (Wildman–Crippen LogP) is 2.99. The van der Waals surface area contributed by atoms with Crippen LogP contribution in [-0.2, 0) is 4.84 Å². The maximum atomic E-state index is 8.88. The molecule has 2 aromatic heterocycles. The highest BCUT2D eigenvalue weighted by Crippen LogP contribution is 2.24. The first kappa shape index (κ1) is 13.9. The van der Waals surface area contributed by atoms with Crippen LogP contribution < -0.4 is 5.06 Å². The molecule has 3 aromatic rings. The molecule has 0 fully saturated rings. The number of hydrogen-bond donors (Lipinski definition) is 0. The van der Waals surface area contributed by atoms with Crippen molar-refractivity contribution in [3.63, 3.8) is 0 Å². The standard InChI is InChI=1S/C16H13N5O/c1-2-22-21(13-7-5-12(10-17)6-8-13)16-19-11-15-14(20-16)4-3-9-18-15/h3-9,11H,2H2,1H3. The molecule has 2 heterocycles. The molecule has 108 valence electrons. The van der Waals surface area contributed by atoms with Gasteiger partial charge in [-0.25, -0.2) is 9.97 Å². The fourth-order valence-corrected chi connectivity index (χ4v) is 2.00. The molecule has 0 saturated heterocycles. The van der Waals surface area contributed by atoms with Crippen molar-refractivity contribution in [3.8, 4) is 6.07 Å². The van der Waals surface area contributed by atoms with E-state index < -0.39 is 0 Å². The monoisotopic (exact) mass is 291 g/mol. The normalized spacial score (nSPS) is 10.4. The Balaban J connectivity index is 2.02. The van der Waals surface area contributed by atoms with E-state index >= 15 is 0 Å². The predicted molar refractivity (Wildman–Crippen MR) is 82.3 cm³/mol. The smallest absolute Gasteiger partial charge is 0.255 e. The van der Waals surface area contributed by atoms with Crippen molar-refractivity contribution in [1.29, 1.82) is 5.26 Å². The first-order valence-corrected chi connectivity index (χ1v) is 6.83. The summed E-state index contributed by atoms with van der Waals surface area (Å²) in [6.45, 7) is 2.35. The van der Waals surface area contributed by atoms with E-state index in [1.165, 1.54) is 0 Å². The Morgan fingerprint density at radius 2 is 1.95 bits per heavy atom. The van der Waals surface area contributed by atoms with Gasteiger partial charge in [-0.1, -0.05) is 0 Å². The van der Waals surface area contributed by atoms with Crippen LogP contribution >= 0.6 is 0 Å². The average molecular weight is 291 g/mol. The Morgan fingerprint density at radius 1 is 1.14 bits per heavy atom. The highest BCUT2D eigenvalue weighted by Gasteiger charge is 2.13. The number of aromatic nitrogens is 3. The summed E-state index contributed by atoms with van der Waals surface area (Å²) >= 11 is 0. The maximum Gasteiger partial charge on any atom is 0.255 e. The molecule has 0 atom stereocenters. The van der Waals surface area contributed by atoms with Crippen LogP contribution in [0.1, 0.15) is 12.5 Å². The third-order valence-electron chi connectivity index (χ3n) is 3.01. The summed E-state index contributed by atoms with van der Waals surface area (Å²) in [7, 11) is 0. The van der Waals surface area contributed by atoms with Gasteiger partial charge < -0.3 is 0 Å². The highest BCUT2D eigenvalue weighted by molar-refractivity contribution is 5.74. The fraction of sp³-hybridized carbons (Fsp3) is 0.125. The number of rotatable bonds is 4. The van der Waals surface area contributed by atoms with Gasteiger partial charge in [0.05, 0.1) is 35.6 Å². The van der Waals surface area contributed by atoms with Crippen LogP contribution in [0.25, 0.3) is 11.0 Å². The Bertz CT molecular complexity index is 826. The lowest BCUT2D eigenvalue weighted by atomic mass is 10.2. The van der Waals surface area contributed by atoms with Gasteiger partial charge in [0.1, 0.15) is 5.52 Å². The molecule has 0 aliphatic heterocycles. The second kappa shape index (κ2) is 6.16. The third kappa shape index (κ3) is 2.71. The zero-order chi connectivity index (χ0) is 15.4. The molecule has 22 heavy (non-hydrogen) atoms. The number of benzene rings is 1. The van der Waals surface area contributed by atoms with Crippen molar-refractivity contribution >= 4 is 22.7 Å². The minimum atomic E-state index is 0.423. The molecule has 0 unspecified atom stereocenters. The van der Waals surface area contributed by atoms with Gasteiger partial charge >= 0.3 is 0 Å². The molecule has 0 N–H and O–H groups in total. The number of pyridine rings is 1. The van der Waals surface area contributed by atoms with Crippen LogP contribution in [0.5, 0.6) is 0 Å². The van der Waals surface area contributed by atoms with Gasteiger partial charge in [0.15, 0.2) is 0 Å². The minimum absolute atomic E-state index is 0.423. The number of nitriles is 1. The molecule has 3 rings (SSSR count). The van der Waals surface area contributed by atoms with Gasteiger partial charge in [-0.3, -0.25) is 9.82 Å². The lowest BCUT2D eigenvalue weighted by Crippen LogP contribution is -2.20. The van der Waals surface area contributed by atoms with Crippen LogP contribution in [0.4, 0.5) is 11.6 Å². The van der Waals surface area contributed by atoms with E-state index in [-0.39, 0.29) is 0 Å². The van der Waals surface area contributed by atoms with E-state index in [9.17, 15) is 0 Å². The number of nitrogens with zero attached hydrogens (tertiary/aromatic N) is 5. The van der Waals surface area contributed by atoms with Gasteiger partial charge in [0, 0.05) is 6.20 Å². The summed E-state index contributed by atoms with van der Waals surface area (Å²) in [5, 5.41) is 10.4. The third-order valence-corrected chi connectivity index (χ3v) is 3.01. The van der Waals surface area contributed by atoms with E-state index in [0.29, 0.717) is 18.1 Å². The molecular formula is C16H13N5O. The van der Waals surface area contributed by atoms with Crippen molar-refractivity contribution < 1.29 is 4.84 Å². The fourth-order valence-electron chi connectivity index (χ4n) is 2.00. The van der Waals surface area contributed by atoms with Gasteiger partial charge in [0.25, 0.3) is 5.95 Å². The first-order valence-electron chi connectivity index (χ1n) is 6.83. The molecule has 6 nitrogen and oxygen atoms in total. The molecule has 1 aromatic carbocycles. The van der Waals surface area contributed by atoms with Crippen LogP contribution in [0.2, 0.25) is 0 Å². The lowest BCUT2D eigenvalue weighted by Gasteiger charge is -2.21. The molecule has 0 bridgehead atoms. The van der Waals surface area contributed by atoms with Crippen LogP contribution in [0.3, 0.4) is 0 Å². The number of hydrogen-bond acceptors (Lipinski definition) is 6. The molecule has 0 saturated carbocycles. The Kier molecular flexibility index (Phi) is 3.90. The number of anilines is 2. The molecular weight excluding hydrogens is 278 g/mol. The Morgan fingerprint density at radius 3 is 2.68 bits per heavy atom. The summed E-state index contributed by atoms with van der Waals surface area (Å²) < 4.78 is 0. The van der Waals surface area contributed by atoms with Crippen molar-refractivity contribution in [2.24, 2.45) is 0 Å². The minimum Gasteiger partial charge on any atom is -0.266 e. The van der Waals surface area contributed by atoms with Crippen molar-refractivity contribution in [2.75, 3.05) is 11.7 Å². The van der Waals surface area contributed by atoms with E-state index in [4.69, 9.17) is 10.1 Å². The summed E-state index contributed by atoms with van der Waals surface area (Å²) in [4.78, 5) is 18.6. The second-order valence-corrected chi connectivity index (χ2v) is 4.45. The summed E-state index contributed by atoms with van der Waals surface area (Å²) in [6, 6.07) is 12.8. The van der Waals surface area contributed by atoms with Crippen molar-refractivity contribution in [3.05, 3.63) is 54.4 Å². The van der Waals surface area contributed by atoms with Gasteiger partial charge in [0.2, 0.25) is 0 Å². The molecule has 0 amide bonds. The van der Waals surface area contributed by atoms with Gasteiger partial charge in [-0.2, -0.15) is 10.3 Å². The van der Waals surface area contributed by atoms with Crippen molar-refractivity contribution in [1.82, 2.24) is 15.0 Å². The summed E-state index contributed by atoms with van der Waals surface area (Å²) in [5.74, 6) is 0.423. The molecule has 6 heteroatoms. The van der Waals surface area contributed by atoms with Crippen LogP contribution in [0.15, 0.2) is 48.8 Å². The van der Waals surface area contributed by atoms with E-state index in [1.54, 1.807) is 41.7 Å². The Hall–Kier alpha value is -3.04. The Labute approximate surface area is 127 Å². The molecule has 0 aliphatic rings. The maximum absolute atomic E-state index is 8.88. The molecule has 0 spiro atoms. The average Bonchev–Trinajstić information content (AvgIpc) is 2.59. The quantitative estimate of drug-likeness (QED) is 0.688.